The summed E-state index contributed by atoms with van der Waals surface area (Å²) in [6.45, 7) is 5.96. The maximum absolute atomic E-state index is 13.1. The highest BCUT2D eigenvalue weighted by molar-refractivity contribution is 8.01. The van der Waals surface area contributed by atoms with Crippen LogP contribution in [0.25, 0.3) is 0 Å². The highest BCUT2D eigenvalue weighted by Gasteiger charge is 2.37. The van der Waals surface area contributed by atoms with Gasteiger partial charge in [0, 0.05) is 38.4 Å². The number of carbonyl (C=O) groups is 1. The first kappa shape index (κ1) is 18.0. The van der Waals surface area contributed by atoms with E-state index >= 15 is 0 Å². The zero-order valence-electron chi connectivity index (χ0n) is 15.1. The molecule has 3 fully saturated rings. The number of rotatable bonds is 5. The van der Waals surface area contributed by atoms with Crippen molar-refractivity contribution in [3.63, 3.8) is 0 Å². The van der Waals surface area contributed by atoms with E-state index in [4.69, 9.17) is 0 Å². The van der Waals surface area contributed by atoms with Gasteiger partial charge in [0.15, 0.2) is 0 Å². The molecule has 1 amide bonds. The van der Waals surface area contributed by atoms with E-state index in [1.807, 2.05) is 36.2 Å². The van der Waals surface area contributed by atoms with E-state index in [9.17, 15) is 4.79 Å². The van der Waals surface area contributed by atoms with Crippen LogP contribution in [0.4, 0.5) is 0 Å². The Labute approximate surface area is 163 Å². The Kier molecular flexibility index (Phi) is 5.62. The molecule has 2 aromatic rings. The summed E-state index contributed by atoms with van der Waals surface area (Å²) in [6.07, 6.45) is 4.21. The van der Waals surface area contributed by atoms with E-state index in [1.54, 1.807) is 11.3 Å². The van der Waals surface area contributed by atoms with Crippen LogP contribution in [0.3, 0.4) is 0 Å². The largest absolute Gasteiger partial charge is 0.333 e. The molecule has 0 saturated carbocycles. The average Bonchev–Trinajstić information content (AvgIpc) is 2.95. The molecule has 3 aliphatic heterocycles. The molecule has 0 radical (unpaired) electrons. The molecule has 6 heteroatoms. The molecule has 0 aliphatic carbocycles. The molecule has 0 N–H and O–H groups in total. The van der Waals surface area contributed by atoms with E-state index in [2.05, 4.69) is 33.8 Å². The first-order chi connectivity index (χ1) is 12.7. The summed E-state index contributed by atoms with van der Waals surface area (Å²) in [5.74, 6) is 1.85. The second kappa shape index (κ2) is 8.11. The molecular formula is C20H25N3OS2. The molecule has 0 spiro atoms. The van der Waals surface area contributed by atoms with Crippen LogP contribution in [-0.2, 0) is 6.54 Å². The fraction of sp³-hybridized carbons (Fsp3) is 0.500. The molecule has 4 nitrogen and oxygen atoms in total. The van der Waals surface area contributed by atoms with Crippen molar-refractivity contribution in [2.45, 2.75) is 36.6 Å². The van der Waals surface area contributed by atoms with Crippen molar-refractivity contribution in [3.05, 3.63) is 47.1 Å². The van der Waals surface area contributed by atoms with Gasteiger partial charge in [-0.05, 0) is 48.8 Å². The third kappa shape index (κ3) is 3.97. The molecule has 3 aliphatic rings. The van der Waals surface area contributed by atoms with Crippen LogP contribution >= 0.6 is 23.1 Å². The van der Waals surface area contributed by atoms with Crippen LogP contribution in [0.5, 0.6) is 0 Å². The fourth-order valence-electron chi connectivity index (χ4n) is 4.07. The molecule has 138 valence electrons. The van der Waals surface area contributed by atoms with E-state index in [0.29, 0.717) is 12.0 Å². The Hall–Kier alpha value is -1.37. The summed E-state index contributed by atoms with van der Waals surface area (Å²) in [6, 6.07) is 10.5. The molecule has 2 atom stereocenters. The Balaban J connectivity index is 1.46. The number of hydrogen-bond donors (Lipinski definition) is 0. The highest BCUT2D eigenvalue weighted by atomic mass is 32.2. The van der Waals surface area contributed by atoms with Gasteiger partial charge in [0.1, 0.15) is 0 Å². The third-order valence-electron chi connectivity index (χ3n) is 5.24. The van der Waals surface area contributed by atoms with Gasteiger partial charge in [0.25, 0.3) is 5.91 Å². The normalized spacial score (nSPS) is 23.2. The third-order valence-corrected chi connectivity index (χ3v) is 7.42. The number of amides is 1. The van der Waals surface area contributed by atoms with Gasteiger partial charge in [-0.2, -0.15) is 0 Å². The van der Waals surface area contributed by atoms with Gasteiger partial charge in [0.2, 0.25) is 0 Å². The zero-order valence-corrected chi connectivity index (χ0v) is 16.8. The second-order valence-electron chi connectivity index (χ2n) is 7.12. The van der Waals surface area contributed by atoms with Gasteiger partial charge in [-0.1, -0.05) is 13.0 Å². The number of thiophene rings is 1. The maximum Gasteiger partial charge on any atom is 0.264 e. The summed E-state index contributed by atoms with van der Waals surface area (Å²) in [7, 11) is 0. The number of pyridine rings is 1. The molecule has 5 rings (SSSR count). The number of piperidine rings is 1. The minimum Gasteiger partial charge on any atom is -0.333 e. The predicted molar refractivity (Wildman–Crippen MR) is 108 cm³/mol. The number of fused-ring (bicyclic) bond motifs is 4. The van der Waals surface area contributed by atoms with Crippen LogP contribution < -0.4 is 0 Å². The van der Waals surface area contributed by atoms with Gasteiger partial charge in [-0.25, -0.2) is 0 Å². The number of aromatic nitrogens is 1. The lowest BCUT2D eigenvalue weighted by Crippen LogP contribution is -2.47. The van der Waals surface area contributed by atoms with Crippen LogP contribution in [0.2, 0.25) is 0 Å². The van der Waals surface area contributed by atoms with Crippen molar-refractivity contribution in [2.75, 3.05) is 25.4 Å². The quantitative estimate of drug-likeness (QED) is 0.727. The second-order valence-corrected chi connectivity index (χ2v) is 9.77. The number of hydrogen-bond acceptors (Lipinski definition) is 5. The molecule has 2 bridgehead atoms. The van der Waals surface area contributed by atoms with Crippen molar-refractivity contribution in [3.8, 4) is 0 Å². The van der Waals surface area contributed by atoms with Gasteiger partial charge >= 0.3 is 0 Å². The fourth-order valence-corrected chi connectivity index (χ4v) is 6.07. The zero-order chi connectivity index (χ0) is 17.9. The van der Waals surface area contributed by atoms with Gasteiger partial charge in [-0.3, -0.25) is 14.7 Å². The lowest BCUT2D eigenvalue weighted by atomic mass is 9.95. The van der Waals surface area contributed by atoms with Crippen molar-refractivity contribution >= 4 is 29.0 Å². The van der Waals surface area contributed by atoms with Crippen molar-refractivity contribution in [2.24, 2.45) is 5.92 Å². The minimum absolute atomic E-state index is 0.229. The van der Waals surface area contributed by atoms with E-state index in [-0.39, 0.29) is 5.91 Å². The molecule has 3 saturated heterocycles. The first-order valence-corrected chi connectivity index (χ1v) is 11.2. The Morgan fingerprint density at radius 1 is 1.23 bits per heavy atom. The SMILES string of the molecule is CCSc1ccc(C(=O)N2C[C@H]3CC[C@@H]2CN(Cc2ccccn2)C3)s1. The summed E-state index contributed by atoms with van der Waals surface area (Å²) in [5.41, 5.74) is 1.12. The van der Waals surface area contributed by atoms with Crippen molar-refractivity contribution in [1.29, 1.82) is 0 Å². The Morgan fingerprint density at radius 3 is 2.96 bits per heavy atom. The minimum atomic E-state index is 0.229. The van der Waals surface area contributed by atoms with Crippen molar-refractivity contribution in [1.82, 2.24) is 14.8 Å². The lowest BCUT2D eigenvalue weighted by Gasteiger charge is -2.36. The number of carbonyl (C=O) groups excluding carboxylic acids is 1. The predicted octanol–water partition coefficient (Wildman–Crippen LogP) is 3.99. The van der Waals surface area contributed by atoms with Crippen LogP contribution in [0.1, 0.15) is 35.1 Å². The van der Waals surface area contributed by atoms with Gasteiger partial charge in [0.05, 0.1) is 14.8 Å². The van der Waals surface area contributed by atoms with Crippen LogP contribution in [0, 0.1) is 5.92 Å². The maximum atomic E-state index is 13.1. The molecule has 0 aromatic carbocycles. The standard InChI is InChI=1S/C20H25N3OS2/c1-2-25-19-9-8-18(26-19)20(24)23-12-15-6-7-17(23)14-22(11-15)13-16-5-3-4-10-21-16/h3-5,8-10,15,17H,2,6-7,11-14H2,1H3/t15-,17+/m0/s1. The van der Waals surface area contributed by atoms with Gasteiger partial charge < -0.3 is 4.90 Å². The van der Waals surface area contributed by atoms with Crippen LogP contribution in [0.15, 0.2) is 40.7 Å². The molecule has 0 unspecified atom stereocenters. The average molecular weight is 388 g/mol. The summed E-state index contributed by atoms with van der Waals surface area (Å²) < 4.78 is 1.24. The monoisotopic (exact) mass is 387 g/mol. The summed E-state index contributed by atoms with van der Waals surface area (Å²) in [5, 5.41) is 0. The van der Waals surface area contributed by atoms with Crippen LogP contribution in [-0.4, -0.2) is 52.1 Å². The topological polar surface area (TPSA) is 36.4 Å². The van der Waals surface area contributed by atoms with Gasteiger partial charge in [-0.15, -0.1) is 23.1 Å². The van der Waals surface area contributed by atoms with Crippen molar-refractivity contribution < 1.29 is 4.79 Å². The number of thioether (sulfide) groups is 1. The molecular weight excluding hydrogens is 362 g/mol. The number of nitrogens with zero attached hydrogens (tertiary/aromatic N) is 3. The Bertz CT molecular complexity index is 749. The Morgan fingerprint density at radius 2 is 2.15 bits per heavy atom. The highest BCUT2D eigenvalue weighted by Crippen LogP contribution is 2.33. The lowest BCUT2D eigenvalue weighted by molar-refractivity contribution is 0.0590. The summed E-state index contributed by atoms with van der Waals surface area (Å²) in [4.78, 5) is 23.1. The molecule has 26 heavy (non-hydrogen) atoms. The van der Waals surface area contributed by atoms with E-state index in [0.717, 1.165) is 48.9 Å². The molecule has 5 heterocycles. The van der Waals surface area contributed by atoms with E-state index < -0.39 is 0 Å². The summed E-state index contributed by atoms with van der Waals surface area (Å²) >= 11 is 3.46. The molecule has 2 aromatic heterocycles. The first-order valence-electron chi connectivity index (χ1n) is 9.38. The smallest absolute Gasteiger partial charge is 0.264 e. The van der Waals surface area contributed by atoms with E-state index in [1.165, 1.54) is 10.6 Å².